The SMILES string of the molecule is CC(=CC=O)CC=C(C)C(C)C. The van der Waals surface area contributed by atoms with Crippen molar-refractivity contribution in [3.8, 4) is 0 Å². The van der Waals surface area contributed by atoms with Crippen LogP contribution in [0.5, 0.6) is 0 Å². The van der Waals surface area contributed by atoms with Crippen molar-refractivity contribution in [1.29, 1.82) is 0 Å². The van der Waals surface area contributed by atoms with Crippen molar-refractivity contribution in [1.82, 2.24) is 0 Å². The van der Waals surface area contributed by atoms with Crippen molar-refractivity contribution in [3.05, 3.63) is 23.3 Å². The highest BCUT2D eigenvalue weighted by molar-refractivity contribution is 5.65. The van der Waals surface area contributed by atoms with Crippen LogP contribution < -0.4 is 0 Å². The second-order valence-electron chi connectivity index (χ2n) is 3.46. The molecular weight excluding hydrogens is 148 g/mol. The van der Waals surface area contributed by atoms with Crippen LogP contribution in [0.25, 0.3) is 0 Å². The van der Waals surface area contributed by atoms with Crippen LogP contribution in [0.4, 0.5) is 0 Å². The van der Waals surface area contributed by atoms with Gasteiger partial charge in [0.1, 0.15) is 6.29 Å². The lowest BCUT2D eigenvalue weighted by molar-refractivity contribution is -0.104. The van der Waals surface area contributed by atoms with Gasteiger partial charge in [0.15, 0.2) is 0 Å². The number of carbonyl (C=O) groups excluding carboxylic acids is 1. The van der Waals surface area contributed by atoms with Crippen molar-refractivity contribution in [3.63, 3.8) is 0 Å². The number of hydrogen-bond acceptors (Lipinski definition) is 1. The molecule has 0 unspecified atom stereocenters. The summed E-state index contributed by atoms with van der Waals surface area (Å²) in [5.41, 5.74) is 2.50. The van der Waals surface area contributed by atoms with E-state index < -0.39 is 0 Å². The highest BCUT2D eigenvalue weighted by Gasteiger charge is 1.94. The van der Waals surface area contributed by atoms with Gasteiger partial charge in [0.2, 0.25) is 0 Å². The fourth-order valence-corrected chi connectivity index (χ4v) is 0.742. The Hall–Kier alpha value is -0.850. The minimum Gasteiger partial charge on any atom is -0.299 e. The van der Waals surface area contributed by atoms with E-state index in [2.05, 4.69) is 26.8 Å². The van der Waals surface area contributed by atoms with E-state index in [1.165, 1.54) is 5.57 Å². The normalized spacial score (nSPS) is 13.8. The van der Waals surface area contributed by atoms with Gasteiger partial charge in [0.25, 0.3) is 0 Å². The predicted molar refractivity (Wildman–Crippen MR) is 53.0 cm³/mol. The van der Waals surface area contributed by atoms with Crippen molar-refractivity contribution in [2.45, 2.75) is 34.1 Å². The van der Waals surface area contributed by atoms with Gasteiger partial charge in [-0.15, -0.1) is 0 Å². The average Bonchev–Trinajstić information content (AvgIpc) is 2.00. The van der Waals surface area contributed by atoms with Gasteiger partial charge in [-0.1, -0.05) is 31.1 Å². The molecule has 0 saturated carbocycles. The monoisotopic (exact) mass is 166 g/mol. The maximum absolute atomic E-state index is 10.1. The van der Waals surface area contributed by atoms with Gasteiger partial charge in [0, 0.05) is 0 Å². The summed E-state index contributed by atoms with van der Waals surface area (Å²) in [5, 5.41) is 0. The van der Waals surface area contributed by atoms with Gasteiger partial charge >= 0.3 is 0 Å². The van der Waals surface area contributed by atoms with E-state index >= 15 is 0 Å². The molecule has 1 nitrogen and oxygen atoms in total. The lowest BCUT2D eigenvalue weighted by atomic mass is 10.0. The summed E-state index contributed by atoms with van der Waals surface area (Å²) in [5.74, 6) is 0.606. The zero-order chi connectivity index (χ0) is 9.56. The third-order valence-electron chi connectivity index (χ3n) is 2.01. The minimum atomic E-state index is 0.606. The topological polar surface area (TPSA) is 17.1 Å². The number of carbonyl (C=O) groups is 1. The second-order valence-corrected chi connectivity index (χ2v) is 3.46. The van der Waals surface area contributed by atoms with Crippen LogP contribution in [0.2, 0.25) is 0 Å². The number of rotatable bonds is 4. The number of hydrogen-bond donors (Lipinski definition) is 0. The number of aldehydes is 1. The van der Waals surface area contributed by atoms with Crippen molar-refractivity contribution in [2.24, 2.45) is 5.92 Å². The van der Waals surface area contributed by atoms with Gasteiger partial charge in [-0.2, -0.15) is 0 Å². The summed E-state index contributed by atoms with van der Waals surface area (Å²) in [6, 6.07) is 0. The zero-order valence-electron chi connectivity index (χ0n) is 8.42. The summed E-state index contributed by atoms with van der Waals surface area (Å²) >= 11 is 0. The Bertz CT molecular complexity index is 197. The maximum Gasteiger partial charge on any atom is 0.142 e. The van der Waals surface area contributed by atoms with Crippen LogP contribution >= 0.6 is 0 Å². The van der Waals surface area contributed by atoms with E-state index in [4.69, 9.17) is 0 Å². The van der Waals surface area contributed by atoms with Crippen LogP contribution in [-0.4, -0.2) is 6.29 Å². The van der Waals surface area contributed by atoms with Crippen LogP contribution in [0.15, 0.2) is 23.3 Å². The van der Waals surface area contributed by atoms with Gasteiger partial charge < -0.3 is 0 Å². The molecule has 0 radical (unpaired) electrons. The average molecular weight is 166 g/mol. The van der Waals surface area contributed by atoms with Gasteiger partial charge in [0.05, 0.1) is 0 Å². The molecule has 0 spiro atoms. The first kappa shape index (κ1) is 11.2. The fraction of sp³-hybridized carbons (Fsp3) is 0.545. The van der Waals surface area contributed by atoms with Crippen molar-refractivity contribution in [2.75, 3.05) is 0 Å². The van der Waals surface area contributed by atoms with E-state index in [1.807, 2.05) is 6.92 Å². The molecule has 12 heavy (non-hydrogen) atoms. The second kappa shape index (κ2) is 5.76. The Balaban J connectivity index is 4.04. The molecule has 0 heterocycles. The smallest absolute Gasteiger partial charge is 0.142 e. The van der Waals surface area contributed by atoms with E-state index in [0.717, 1.165) is 18.3 Å². The van der Waals surface area contributed by atoms with Crippen LogP contribution in [0.3, 0.4) is 0 Å². The molecule has 0 N–H and O–H groups in total. The highest BCUT2D eigenvalue weighted by atomic mass is 16.1. The first-order valence-corrected chi connectivity index (χ1v) is 4.35. The standard InChI is InChI=1S/C11H18O/c1-9(2)11(4)6-5-10(3)7-8-12/h6-9H,5H2,1-4H3. The Morgan fingerprint density at radius 3 is 2.33 bits per heavy atom. The molecular formula is C11H18O. The Morgan fingerprint density at radius 1 is 1.33 bits per heavy atom. The van der Waals surface area contributed by atoms with Gasteiger partial charge in [-0.3, -0.25) is 4.79 Å². The first-order chi connectivity index (χ1) is 5.57. The summed E-state index contributed by atoms with van der Waals surface area (Å²) in [7, 11) is 0. The van der Waals surface area contributed by atoms with Crippen LogP contribution in [0, 0.1) is 5.92 Å². The predicted octanol–water partition coefficient (Wildman–Crippen LogP) is 3.12. The zero-order valence-corrected chi connectivity index (χ0v) is 8.42. The third kappa shape index (κ3) is 4.89. The highest BCUT2D eigenvalue weighted by Crippen LogP contribution is 2.11. The van der Waals surface area contributed by atoms with E-state index in [-0.39, 0.29) is 0 Å². The first-order valence-electron chi connectivity index (χ1n) is 4.35. The van der Waals surface area contributed by atoms with Crippen molar-refractivity contribution < 1.29 is 4.79 Å². The van der Waals surface area contributed by atoms with Gasteiger partial charge in [-0.05, 0) is 32.3 Å². The Labute approximate surface area is 75.2 Å². The summed E-state index contributed by atoms with van der Waals surface area (Å²) in [6.45, 7) is 8.44. The largest absolute Gasteiger partial charge is 0.299 e. The summed E-state index contributed by atoms with van der Waals surface area (Å²) in [6.07, 6.45) is 5.53. The summed E-state index contributed by atoms with van der Waals surface area (Å²) < 4.78 is 0. The molecule has 0 rings (SSSR count). The number of allylic oxidation sites excluding steroid dienone is 4. The molecule has 1 heteroatoms. The van der Waals surface area contributed by atoms with Gasteiger partial charge in [-0.25, -0.2) is 0 Å². The molecule has 0 aliphatic carbocycles. The van der Waals surface area contributed by atoms with Crippen LogP contribution in [-0.2, 0) is 4.79 Å². The molecule has 0 aromatic heterocycles. The Kier molecular flexibility index (Phi) is 5.35. The van der Waals surface area contributed by atoms with E-state index in [9.17, 15) is 4.79 Å². The van der Waals surface area contributed by atoms with E-state index in [0.29, 0.717) is 5.92 Å². The summed E-state index contributed by atoms with van der Waals surface area (Å²) in [4.78, 5) is 10.1. The molecule has 0 saturated heterocycles. The van der Waals surface area contributed by atoms with Crippen LogP contribution in [0.1, 0.15) is 34.1 Å². The molecule has 0 fully saturated rings. The molecule has 0 atom stereocenters. The molecule has 0 aromatic carbocycles. The Morgan fingerprint density at radius 2 is 1.92 bits per heavy atom. The van der Waals surface area contributed by atoms with Crippen molar-refractivity contribution >= 4 is 6.29 Å². The lowest BCUT2D eigenvalue weighted by Crippen LogP contribution is -1.88. The molecule has 0 bridgehead atoms. The third-order valence-corrected chi connectivity index (χ3v) is 2.01. The fourth-order valence-electron chi connectivity index (χ4n) is 0.742. The van der Waals surface area contributed by atoms with E-state index in [1.54, 1.807) is 6.08 Å². The molecule has 68 valence electrons. The molecule has 0 aromatic rings. The lowest BCUT2D eigenvalue weighted by Gasteiger charge is -2.04. The molecule has 0 amide bonds. The molecule has 0 aliphatic rings. The minimum absolute atomic E-state index is 0.606. The molecule has 0 aliphatic heterocycles. The quantitative estimate of drug-likeness (QED) is 0.356. The maximum atomic E-state index is 10.1.